The highest BCUT2D eigenvalue weighted by atomic mass is 16.6. The number of aryl methyl sites for hydroxylation is 1. The Bertz CT molecular complexity index is 1250. The van der Waals surface area contributed by atoms with Crippen LogP contribution in [-0.2, 0) is 0 Å². The first kappa shape index (κ1) is 21.0. The van der Waals surface area contributed by atoms with E-state index < -0.39 is 6.09 Å². The number of rotatable bonds is 5. The molecule has 4 rings (SSSR count). The van der Waals surface area contributed by atoms with Crippen molar-refractivity contribution in [1.82, 2.24) is 25.2 Å². The van der Waals surface area contributed by atoms with Crippen LogP contribution in [0.1, 0.15) is 31.2 Å². The first-order chi connectivity index (χ1) is 15.4. The van der Waals surface area contributed by atoms with Gasteiger partial charge in [-0.15, -0.1) is 5.10 Å². The smallest absolute Gasteiger partial charge is 0.410 e. The summed E-state index contributed by atoms with van der Waals surface area (Å²) < 4.78 is 7.24. The molecule has 0 saturated heterocycles. The van der Waals surface area contributed by atoms with Gasteiger partial charge in [-0.3, -0.25) is 5.32 Å². The van der Waals surface area contributed by atoms with E-state index in [0.29, 0.717) is 28.8 Å². The fraction of sp³-hybridized carbons (Fsp3) is 0.174. The first-order valence-corrected chi connectivity index (χ1v) is 10.1. The lowest BCUT2D eigenvalue weighted by molar-refractivity contribution is 0.215. The molecular formula is C23H23N7O2. The maximum absolute atomic E-state index is 12.5. The summed E-state index contributed by atoms with van der Waals surface area (Å²) in [5.74, 6) is 1.46. The number of nitrogens with zero attached hydrogens (tertiary/aromatic N) is 5. The van der Waals surface area contributed by atoms with E-state index in [1.54, 1.807) is 28.9 Å². The van der Waals surface area contributed by atoms with Crippen molar-refractivity contribution in [3.8, 4) is 22.6 Å². The number of anilines is 2. The van der Waals surface area contributed by atoms with Gasteiger partial charge in [0.15, 0.2) is 5.82 Å². The van der Waals surface area contributed by atoms with E-state index >= 15 is 0 Å². The Balaban J connectivity index is 1.70. The summed E-state index contributed by atoms with van der Waals surface area (Å²) in [5.41, 5.74) is 9.84. The van der Waals surface area contributed by atoms with Gasteiger partial charge in [0.1, 0.15) is 11.6 Å². The molecule has 4 aromatic rings. The fourth-order valence-electron chi connectivity index (χ4n) is 3.19. The van der Waals surface area contributed by atoms with Gasteiger partial charge in [0, 0.05) is 29.9 Å². The van der Waals surface area contributed by atoms with Gasteiger partial charge in [0.2, 0.25) is 0 Å². The van der Waals surface area contributed by atoms with Gasteiger partial charge < -0.3 is 10.5 Å². The Morgan fingerprint density at radius 3 is 2.56 bits per heavy atom. The molecule has 162 valence electrons. The molecule has 9 nitrogen and oxygen atoms in total. The Hall–Kier alpha value is -4.27. The third-order valence-electron chi connectivity index (χ3n) is 4.77. The number of aromatic nitrogens is 5. The zero-order chi connectivity index (χ0) is 22.7. The van der Waals surface area contributed by atoms with Gasteiger partial charge in [-0.05, 0) is 46.7 Å². The lowest BCUT2D eigenvalue weighted by Crippen LogP contribution is -2.17. The van der Waals surface area contributed by atoms with Crippen molar-refractivity contribution in [2.75, 3.05) is 11.1 Å². The van der Waals surface area contributed by atoms with Crippen LogP contribution in [0.2, 0.25) is 0 Å². The molecule has 9 heteroatoms. The predicted molar refractivity (Wildman–Crippen MR) is 122 cm³/mol. The molecule has 2 heterocycles. The average Bonchev–Trinajstić information content (AvgIpc) is 3.24. The average molecular weight is 429 g/mol. The van der Waals surface area contributed by atoms with Crippen molar-refractivity contribution >= 4 is 17.6 Å². The van der Waals surface area contributed by atoms with Crippen LogP contribution in [0.15, 0.2) is 60.8 Å². The van der Waals surface area contributed by atoms with Crippen LogP contribution in [0.3, 0.4) is 0 Å². The number of nitrogens with two attached hydrogens (primary N) is 1. The Labute approximate surface area is 185 Å². The van der Waals surface area contributed by atoms with Gasteiger partial charge >= 0.3 is 6.09 Å². The topological polar surface area (TPSA) is 121 Å². The van der Waals surface area contributed by atoms with Crippen LogP contribution in [-0.4, -0.2) is 31.3 Å². The molecule has 0 radical (unpaired) electrons. The highest BCUT2D eigenvalue weighted by molar-refractivity contribution is 5.87. The largest absolute Gasteiger partial charge is 0.417 e. The lowest BCUT2D eigenvalue weighted by atomic mass is 10.0. The molecule has 2 aromatic heterocycles. The molecule has 2 aromatic carbocycles. The molecular weight excluding hydrogens is 406 g/mol. The summed E-state index contributed by atoms with van der Waals surface area (Å²) in [6, 6.07) is 16.7. The van der Waals surface area contributed by atoms with E-state index in [-0.39, 0.29) is 5.92 Å². The molecule has 0 aliphatic carbocycles. The third-order valence-corrected chi connectivity index (χ3v) is 4.77. The number of benzene rings is 2. The van der Waals surface area contributed by atoms with Crippen LogP contribution in [0.25, 0.3) is 16.8 Å². The third kappa shape index (κ3) is 4.72. The minimum atomic E-state index is -0.650. The minimum Gasteiger partial charge on any atom is -0.410 e. The summed E-state index contributed by atoms with van der Waals surface area (Å²) in [7, 11) is 0. The SMILES string of the molecule is Cc1ccc(-c2cc(OC(=O)Nc3ccnc(N)c3)cc(-n3nnnc3C(C)C)c2)cc1. The zero-order valence-corrected chi connectivity index (χ0v) is 18.0. The van der Waals surface area contributed by atoms with E-state index in [9.17, 15) is 4.79 Å². The molecule has 0 fully saturated rings. The summed E-state index contributed by atoms with van der Waals surface area (Å²) in [4.78, 5) is 16.4. The molecule has 1 amide bonds. The Morgan fingerprint density at radius 1 is 1.06 bits per heavy atom. The summed E-state index contributed by atoms with van der Waals surface area (Å²) >= 11 is 0. The van der Waals surface area contributed by atoms with Crippen molar-refractivity contribution in [1.29, 1.82) is 0 Å². The molecule has 0 bridgehead atoms. The van der Waals surface area contributed by atoms with E-state index in [4.69, 9.17) is 10.5 Å². The van der Waals surface area contributed by atoms with Crippen LogP contribution in [0.5, 0.6) is 5.75 Å². The molecule has 0 unspecified atom stereocenters. The summed E-state index contributed by atoms with van der Waals surface area (Å²) in [6.07, 6.45) is 0.857. The molecule has 0 atom stereocenters. The molecule has 0 aliphatic heterocycles. The quantitative estimate of drug-likeness (QED) is 0.484. The second-order valence-corrected chi connectivity index (χ2v) is 7.67. The summed E-state index contributed by atoms with van der Waals surface area (Å²) in [6.45, 7) is 6.05. The molecule has 0 aliphatic rings. The highest BCUT2D eigenvalue weighted by Gasteiger charge is 2.16. The van der Waals surface area contributed by atoms with E-state index in [1.807, 2.05) is 51.1 Å². The zero-order valence-electron chi connectivity index (χ0n) is 18.0. The molecule has 3 N–H and O–H groups in total. The maximum atomic E-state index is 12.5. The van der Waals surface area contributed by atoms with Crippen LogP contribution in [0, 0.1) is 6.92 Å². The predicted octanol–water partition coefficient (Wildman–Crippen LogP) is 4.35. The number of tetrazole rings is 1. The Morgan fingerprint density at radius 2 is 1.84 bits per heavy atom. The highest BCUT2D eigenvalue weighted by Crippen LogP contribution is 2.29. The number of pyridine rings is 1. The first-order valence-electron chi connectivity index (χ1n) is 10.1. The molecule has 0 saturated carbocycles. The van der Waals surface area contributed by atoms with E-state index in [0.717, 1.165) is 16.7 Å². The van der Waals surface area contributed by atoms with Gasteiger partial charge in [-0.25, -0.2) is 9.78 Å². The summed E-state index contributed by atoms with van der Waals surface area (Å²) in [5, 5.41) is 14.7. The lowest BCUT2D eigenvalue weighted by Gasteiger charge is -2.13. The standard InChI is InChI=1S/C23H23N7O2/c1-14(2)22-27-28-29-30(22)19-10-17(16-6-4-15(3)5-7-16)11-20(13-19)32-23(31)26-18-8-9-25-21(24)12-18/h4-14H,1-3H3,(H3,24,25,26,31). The van der Waals surface area contributed by atoms with Gasteiger partial charge in [0.05, 0.1) is 5.69 Å². The molecule has 32 heavy (non-hydrogen) atoms. The minimum absolute atomic E-state index is 0.109. The van der Waals surface area contributed by atoms with Gasteiger partial charge in [-0.2, -0.15) is 4.68 Å². The van der Waals surface area contributed by atoms with E-state index in [1.165, 1.54) is 6.20 Å². The van der Waals surface area contributed by atoms with Crippen molar-refractivity contribution < 1.29 is 9.53 Å². The van der Waals surface area contributed by atoms with Crippen molar-refractivity contribution in [3.05, 3.63) is 72.2 Å². The number of nitrogen functional groups attached to an aromatic ring is 1. The number of hydrogen-bond acceptors (Lipinski definition) is 7. The van der Waals surface area contributed by atoms with Crippen LogP contribution >= 0.6 is 0 Å². The maximum Gasteiger partial charge on any atom is 0.417 e. The van der Waals surface area contributed by atoms with Gasteiger partial charge in [-0.1, -0.05) is 43.7 Å². The normalized spacial score (nSPS) is 10.9. The number of hydrogen-bond donors (Lipinski definition) is 2. The number of ether oxygens (including phenoxy) is 1. The number of amides is 1. The second kappa shape index (κ2) is 8.84. The number of nitrogens with one attached hydrogen (secondary N) is 1. The fourth-order valence-corrected chi connectivity index (χ4v) is 3.19. The Kier molecular flexibility index (Phi) is 5.80. The number of carbonyl (C=O) groups is 1. The second-order valence-electron chi connectivity index (χ2n) is 7.67. The van der Waals surface area contributed by atoms with Crippen molar-refractivity contribution in [2.24, 2.45) is 0 Å². The monoisotopic (exact) mass is 429 g/mol. The van der Waals surface area contributed by atoms with Crippen molar-refractivity contribution in [3.63, 3.8) is 0 Å². The van der Waals surface area contributed by atoms with Crippen LogP contribution in [0.4, 0.5) is 16.3 Å². The number of carbonyl (C=O) groups excluding carboxylic acids is 1. The van der Waals surface area contributed by atoms with Gasteiger partial charge in [0.25, 0.3) is 0 Å². The molecule has 0 spiro atoms. The van der Waals surface area contributed by atoms with Crippen LogP contribution < -0.4 is 15.8 Å². The van der Waals surface area contributed by atoms with Crippen molar-refractivity contribution in [2.45, 2.75) is 26.7 Å². The van der Waals surface area contributed by atoms with E-state index in [2.05, 4.69) is 25.8 Å².